The monoisotopic (exact) mass is 314 g/mol. The first kappa shape index (κ1) is 13.7. The summed E-state index contributed by atoms with van der Waals surface area (Å²) in [5, 5.41) is -1.08. The maximum atomic E-state index is 12.7. The van der Waals surface area contributed by atoms with Crippen LogP contribution in [0, 0.1) is 6.92 Å². The van der Waals surface area contributed by atoms with Gasteiger partial charge in [0.05, 0.1) is 16.9 Å². The Hall–Kier alpha value is -1.28. The molecule has 2 N–H and O–H groups in total. The van der Waals surface area contributed by atoms with Crippen LogP contribution in [-0.4, -0.2) is 23.3 Å². The lowest BCUT2D eigenvalue weighted by molar-refractivity contribution is 0.443. The van der Waals surface area contributed by atoms with Gasteiger partial charge in [0.15, 0.2) is 0 Å². The first-order chi connectivity index (χ1) is 9.34. The van der Waals surface area contributed by atoms with Gasteiger partial charge in [-0.2, -0.15) is 10.6 Å². The molecule has 20 heavy (non-hydrogen) atoms. The molecule has 2 heterocycles. The quantitative estimate of drug-likeness (QED) is 0.888. The predicted molar refractivity (Wildman–Crippen MR) is 75.8 cm³/mol. The van der Waals surface area contributed by atoms with E-state index in [0.717, 1.165) is 0 Å². The molecule has 0 amide bonds. The Morgan fingerprint density at radius 2 is 1.95 bits per heavy atom. The maximum Gasteiger partial charge on any atom is 0.221 e. The van der Waals surface area contributed by atoms with Gasteiger partial charge in [0.25, 0.3) is 0 Å². The van der Waals surface area contributed by atoms with Crippen LogP contribution in [0.5, 0.6) is 0 Å². The third kappa shape index (κ3) is 1.89. The molecule has 0 bridgehead atoms. The van der Waals surface area contributed by atoms with Crippen molar-refractivity contribution in [2.75, 3.05) is 5.75 Å². The highest BCUT2D eigenvalue weighted by Crippen LogP contribution is 2.61. The summed E-state index contributed by atoms with van der Waals surface area (Å²) in [5.74, 6) is -0.213. The van der Waals surface area contributed by atoms with Crippen LogP contribution in [-0.2, 0) is 9.84 Å². The molecule has 108 valence electrons. The topological polar surface area (TPSA) is 87.7 Å². The van der Waals surface area contributed by atoms with E-state index in [1.807, 2.05) is 0 Å². The Bertz CT molecular complexity index is 761. The molecule has 0 spiro atoms. The molecule has 0 saturated heterocycles. The fraction of sp³-hybridized carbons (Fsp3) is 0.231. The highest BCUT2D eigenvalue weighted by atomic mass is 32.3. The van der Waals surface area contributed by atoms with Crippen molar-refractivity contribution in [1.82, 2.24) is 0 Å². The Labute approximate surface area is 118 Å². The van der Waals surface area contributed by atoms with Crippen molar-refractivity contribution in [3.8, 4) is 0 Å². The summed E-state index contributed by atoms with van der Waals surface area (Å²) in [6.45, 7) is 1.65. The minimum absolute atomic E-state index is 0.102. The lowest BCUT2D eigenvalue weighted by Crippen LogP contribution is -2.15. The molecule has 1 atom stereocenters. The van der Waals surface area contributed by atoms with E-state index in [1.165, 1.54) is 6.26 Å². The normalized spacial score (nSPS) is 22.4. The van der Waals surface area contributed by atoms with Crippen molar-refractivity contribution < 1.29 is 21.9 Å². The first-order valence-electron chi connectivity index (χ1n) is 5.97. The van der Waals surface area contributed by atoms with Gasteiger partial charge in [0.1, 0.15) is 5.25 Å². The fourth-order valence-corrected chi connectivity index (χ4v) is 7.00. The molecular weight excluding hydrogens is 300 g/mol. The highest BCUT2D eigenvalue weighted by Gasteiger charge is 2.44. The smallest absolute Gasteiger partial charge is 0.221 e. The summed E-state index contributed by atoms with van der Waals surface area (Å²) in [4.78, 5) is 0.317. The van der Waals surface area contributed by atoms with Gasteiger partial charge in [-0.25, -0.2) is 8.42 Å². The number of rotatable bonds is 2. The first-order valence-corrected chi connectivity index (χ1v) is 9.23. The van der Waals surface area contributed by atoms with E-state index in [1.54, 1.807) is 37.3 Å². The number of sulfone groups is 1. The number of hydrogen-bond acceptors (Lipinski definition) is 5. The predicted octanol–water partition coefficient (Wildman–Crippen LogP) is 3.23. The zero-order chi connectivity index (χ0) is 14.5. The van der Waals surface area contributed by atoms with Crippen LogP contribution in [0.4, 0.5) is 0 Å². The molecule has 1 unspecified atom stereocenters. The Kier molecular flexibility index (Phi) is 2.98. The number of furan rings is 1. The van der Waals surface area contributed by atoms with E-state index in [-0.39, 0.29) is 10.8 Å². The minimum Gasteiger partial charge on any atom is -0.453 e. The van der Waals surface area contributed by atoms with Crippen molar-refractivity contribution in [3.63, 3.8) is 0 Å². The van der Waals surface area contributed by atoms with Crippen molar-refractivity contribution in [2.24, 2.45) is 0 Å². The van der Waals surface area contributed by atoms with Crippen molar-refractivity contribution >= 4 is 20.4 Å². The summed E-state index contributed by atoms with van der Waals surface area (Å²) >= 11 is 0. The van der Waals surface area contributed by atoms with E-state index in [0.29, 0.717) is 16.0 Å². The largest absolute Gasteiger partial charge is 0.453 e. The van der Waals surface area contributed by atoms with Gasteiger partial charge < -0.3 is 4.42 Å². The molecule has 0 radical (unpaired) electrons. The van der Waals surface area contributed by atoms with Gasteiger partial charge in [-0.15, -0.1) is 0 Å². The lowest BCUT2D eigenvalue weighted by atomic mass is 10.2. The van der Waals surface area contributed by atoms with Gasteiger partial charge in [-0.1, -0.05) is 18.2 Å². The Morgan fingerprint density at radius 1 is 1.25 bits per heavy atom. The van der Waals surface area contributed by atoms with E-state index in [4.69, 9.17) is 4.42 Å². The van der Waals surface area contributed by atoms with Crippen LogP contribution in [0.15, 0.2) is 51.0 Å². The van der Waals surface area contributed by atoms with Crippen LogP contribution in [0.3, 0.4) is 0 Å². The van der Waals surface area contributed by atoms with E-state index < -0.39 is 25.7 Å². The molecule has 5 nitrogen and oxygen atoms in total. The highest BCUT2D eigenvalue weighted by molar-refractivity contribution is 8.25. The van der Waals surface area contributed by atoms with Crippen LogP contribution >= 0.6 is 10.6 Å². The molecule has 0 saturated carbocycles. The van der Waals surface area contributed by atoms with Crippen molar-refractivity contribution in [2.45, 2.75) is 22.2 Å². The van der Waals surface area contributed by atoms with Gasteiger partial charge in [-0.05, 0) is 24.6 Å². The molecule has 2 aromatic rings. The Balaban J connectivity index is 2.16. The SMILES string of the molecule is Cc1ccoc1S(=O)(=O)C1CS(O)(O)c2ccccc21. The third-order valence-electron chi connectivity index (χ3n) is 3.45. The van der Waals surface area contributed by atoms with Crippen molar-refractivity contribution in [1.29, 1.82) is 0 Å². The maximum absolute atomic E-state index is 12.7. The third-order valence-corrected chi connectivity index (χ3v) is 7.64. The summed E-state index contributed by atoms with van der Waals surface area (Å²) in [5.41, 5.74) is 0.967. The summed E-state index contributed by atoms with van der Waals surface area (Å²) < 4.78 is 50.6. The summed E-state index contributed by atoms with van der Waals surface area (Å²) in [7, 11) is -6.84. The van der Waals surface area contributed by atoms with E-state index >= 15 is 0 Å². The minimum atomic E-state index is -3.78. The molecular formula is C13H14O5S2. The molecule has 0 fully saturated rings. The number of aryl methyl sites for hydroxylation is 1. The average Bonchev–Trinajstić information content (AvgIpc) is 2.93. The standard InChI is InChI=1S/C13H14O5S2/c1-9-6-7-18-13(9)20(16,17)12-8-19(14,15)11-5-3-2-4-10(11)12/h2-7,12,14-15H,8H2,1H3. The number of benzene rings is 1. The molecule has 1 aromatic heterocycles. The molecule has 0 aliphatic carbocycles. The molecule has 1 aliphatic rings. The Morgan fingerprint density at radius 3 is 2.60 bits per heavy atom. The zero-order valence-corrected chi connectivity index (χ0v) is 12.3. The fourth-order valence-electron chi connectivity index (χ4n) is 2.47. The van der Waals surface area contributed by atoms with Crippen LogP contribution in [0.1, 0.15) is 16.4 Å². The number of fused-ring (bicyclic) bond motifs is 1. The van der Waals surface area contributed by atoms with Crippen molar-refractivity contribution in [3.05, 3.63) is 47.7 Å². The van der Waals surface area contributed by atoms with Gasteiger partial charge >= 0.3 is 0 Å². The average molecular weight is 314 g/mol. The summed E-state index contributed by atoms with van der Waals surface area (Å²) in [6, 6.07) is 8.12. The van der Waals surface area contributed by atoms with Crippen LogP contribution < -0.4 is 0 Å². The lowest BCUT2D eigenvalue weighted by Gasteiger charge is -2.27. The van der Waals surface area contributed by atoms with Crippen LogP contribution in [0.25, 0.3) is 0 Å². The van der Waals surface area contributed by atoms with E-state index in [2.05, 4.69) is 0 Å². The van der Waals surface area contributed by atoms with Gasteiger partial charge in [0, 0.05) is 5.56 Å². The zero-order valence-electron chi connectivity index (χ0n) is 10.7. The molecule has 1 aliphatic heterocycles. The summed E-state index contributed by atoms with van der Waals surface area (Å²) in [6.07, 6.45) is 1.32. The van der Waals surface area contributed by atoms with Crippen LogP contribution in [0.2, 0.25) is 0 Å². The second-order valence-electron chi connectivity index (χ2n) is 4.80. The second-order valence-corrected chi connectivity index (χ2v) is 8.93. The number of hydrogen-bond donors (Lipinski definition) is 2. The molecule has 3 rings (SSSR count). The van der Waals surface area contributed by atoms with Gasteiger partial charge in [0.2, 0.25) is 14.9 Å². The second kappa shape index (κ2) is 4.36. The molecule has 7 heteroatoms. The molecule has 1 aromatic carbocycles. The van der Waals surface area contributed by atoms with E-state index in [9.17, 15) is 17.5 Å². The van der Waals surface area contributed by atoms with Gasteiger partial charge in [-0.3, -0.25) is 9.11 Å².